The predicted octanol–water partition coefficient (Wildman–Crippen LogP) is 12.1. The molecule has 0 aliphatic carbocycles. The third-order valence-corrected chi connectivity index (χ3v) is 9.91. The van der Waals surface area contributed by atoms with E-state index in [0.29, 0.717) is 17.1 Å². The van der Waals surface area contributed by atoms with Crippen molar-refractivity contribution in [3.63, 3.8) is 0 Å². The lowest BCUT2D eigenvalue weighted by molar-refractivity contribution is -0.137. The minimum atomic E-state index is -4.77. The summed E-state index contributed by atoms with van der Waals surface area (Å²) in [6.45, 7) is 0. The fourth-order valence-electron chi connectivity index (χ4n) is 7.87. The zero-order valence-corrected chi connectivity index (χ0v) is 26.3. The largest absolute Gasteiger partial charge is 0.418 e. The van der Waals surface area contributed by atoms with Gasteiger partial charge in [0.25, 0.3) is 0 Å². The maximum absolute atomic E-state index is 14.5. The van der Waals surface area contributed by atoms with Gasteiger partial charge < -0.3 is 13.7 Å². The predicted molar refractivity (Wildman–Crippen MR) is 194 cm³/mol. The second-order valence-electron chi connectivity index (χ2n) is 12.6. The first-order chi connectivity index (χ1) is 24.4. The molecule has 0 unspecified atom stereocenters. The van der Waals surface area contributed by atoms with Gasteiger partial charge in [0.2, 0.25) is 0 Å². The number of aromatic nitrogens is 3. The Bertz CT molecular complexity index is 2720. The fourth-order valence-corrected chi connectivity index (χ4v) is 7.87. The van der Waals surface area contributed by atoms with Crippen molar-refractivity contribution in [2.75, 3.05) is 0 Å². The van der Waals surface area contributed by atoms with E-state index in [1.165, 1.54) is 6.07 Å². The number of benzene rings is 7. The van der Waals surface area contributed by atoms with Crippen LogP contribution in [0.5, 0.6) is 0 Å². The quantitative estimate of drug-likeness (QED) is 0.168. The van der Waals surface area contributed by atoms with Gasteiger partial charge in [0, 0.05) is 43.7 Å². The molecule has 7 heteroatoms. The molecule has 10 aromatic rings. The van der Waals surface area contributed by atoms with Crippen LogP contribution < -0.4 is 0 Å². The number of nitrogens with zero attached hydrogens (tertiary/aromatic N) is 3. The molecule has 0 fully saturated rings. The van der Waals surface area contributed by atoms with Crippen molar-refractivity contribution >= 4 is 65.4 Å². The third-order valence-electron chi connectivity index (χ3n) is 9.91. The van der Waals surface area contributed by atoms with Crippen LogP contribution in [0.25, 0.3) is 82.5 Å². The van der Waals surface area contributed by atoms with Gasteiger partial charge in [0.05, 0.1) is 44.4 Å². The summed E-state index contributed by atoms with van der Waals surface area (Å²) in [6, 6.07) is 47.5. The van der Waals surface area contributed by atoms with Crippen LogP contribution in [-0.4, -0.2) is 13.7 Å². The molecule has 7 aromatic carbocycles. The van der Waals surface area contributed by atoms with Crippen LogP contribution in [0.4, 0.5) is 17.6 Å². The number of rotatable bonds is 3. The van der Waals surface area contributed by atoms with Crippen LogP contribution in [0.1, 0.15) is 5.56 Å². The maximum atomic E-state index is 14.5. The molecule has 3 nitrogen and oxygen atoms in total. The summed E-state index contributed by atoms with van der Waals surface area (Å²) in [5.41, 5.74) is 5.88. The van der Waals surface area contributed by atoms with Crippen molar-refractivity contribution < 1.29 is 17.6 Å². The molecule has 50 heavy (non-hydrogen) atoms. The third kappa shape index (κ3) is 4.03. The van der Waals surface area contributed by atoms with Gasteiger partial charge in [-0.05, 0) is 78.9 Å². The SMILES string of the molecule is Fc1ccc(-n2c3ccc(-n4c5ccccc5c5ccccc54)cc3c3cc(-n4c5ccccc5c5ccccc54)ccc32)c(C(F)(F)F)c1. The number of alkyl halides is 3. The van der Waals surface area contributed by atoms with Gasteiger partial charge in [-0.2, -0.15) is 13.2 Å². The maximum Gasteiger partial charge on any atom is 0.418 e. The number of hydrogen-bond acceptors (Lipinski definition) is 0. The molecule has 0 saturated carbocycles. The van der Waals surface area contributed by atoms with E-state index in [1.807, 2.05) is 72.8 Å². The van der Waals surface area contributed by atoms with E-state index in [1.54, 1.807) is 4.57 Å². The average molecular weight is 660 g/mol. The average Bonchev–Trinajstić information content (AvgIpc) is 3.76. The smallest absolute Gasteiger partial charge is 0.309 e. The zero-order chi connectivity index (χ0) is 33.7. The van der Waals surface area contributed by atoms with Crippen LogP contribution in [0.2, 0.25) is 0 Å². The van der Waals surface area contributed by atoms with Crippen LogP contribution in [0.3, 0.4) is 0 Å². The standard InChI is InChI=1S/C43H25F4N3/c44-26-17-20-42(35(23-26)43(45,46)47)50-40-21-18-27(48-36-13-5-1-9-29(36)30-10-2-6-14-37(30)48)24-33(40)34-25-28(19-22-41(34)50)49-38-15-7-3-11-31(38)32-12-4-8-16-39(32)49/h1-25H. The molecule has 0 atom stereocenters. The Hall–Kier alpha value is -6.34. The van der Waals surface area contributed by atoms with Gasteiger partial charge in [0.15, 0.2) is 0 Å². The van der Waals surface area contributed by atoms with E-state index >= 15 is 0 Å². The molecule has 0 spiro atoms. The molecule has 0 amide bonds. The molecular formula is C43H25F4N3. The Kier molecular flexibility index (Phi) is 5.92. The molecule has 0 aliphatic heterocycles. The Labute approximate surface area is 282 Å². The summed E-state index contributed by atoms with van der Waals surface area (Å²) in [5.74, 6) is -0.941. The highest BCUT2D eigenvalue weighted by molar-refractivity contribution is 6.14. The van der Waals surface area contributed by atoms with Crippen LogP contribution in [-0.2, 0) is 6.18 Å². The second kappa shape index (κ2) is 10.3. The summed E-state index contributed by atoms with van der Waals surface area (Å²) in [7, 11) is 0. The van der Waals surface area contributed by atoms with E-state index in [0.717, 1.165) is 71.8 Å². The lowest BCUT2D eigenvalue weighted by atomic mass is 10.1. The molecule has 0 bridgehead atoms. The van der Waals surface area contributed by atoms with E-state index in [4.69, 9.17) is 0 Å². The van der Waals surface area contributed by atoms with Crippen molar-refractivity contribution in [3.8, 4) is 17.1 Å². The van der Waals surface area contributed by atoms with Crippen molar-refractivity contribution in [2.24, 2.45) is 0 Å². The first kappa shape index (κ1) is 28.7. The van der Waals surface area contributed by atoms with Gasteiger partial charge in [-0.3, -0.25) is 0 Å². The Morgan fingerprint density at radius 3 is 1.14 bits per heavy atom. The molecule has 3 heterocycles. The number of hydrogen-bond donors (Lipinski definition) is 0. The summed E-state index contributed by atoms with van der Waals surface area (Å²) >= 11 is 0. The monoisotopic (exact) mass is 659 g/mol. The van der Waals surface area contributed by atoms with Crippen molar-refractivity contribution in [3.05, 3.63) is 163 Å². The highest BCUT2D eigenvalue weighted by atomic mass is 19.4. The van der Waals surface area contributed by atoms with Gasteiger partial charge in [0.1, 0.15) is 5.82 Å². The zero-order valence-electron chi connectivity index (χ0n) is 26.3. The minimum Gasteiger partial charge on any atom is -0.309 e. The molecule has 240 valence electrons. The van der Waals surface area contributed by atoms with Gasteiger partial charge in [-0.25, -0.2) is 4.39 Å². The molecule has 0 radical (unpaired) electrons. The van der Waals surface area contributed by atoms with Gasteiger partial charge in [-0.15, -0.1) is 0 Å². The van der Waals surface area contributed by atoms with Gasteiger partial charge >= 0.3 is 6.18 Å². The number of halogens is 4. The van der Waals surface area contributed by atoms with Crippen molar-refractivity contribution in [1.82, 2.24) is 13.7 Å². The van der Waals surface area contributed by atoms with Crippen molar-refractivity contribution in [2.45, 2.75) is 6.18 Å². The van der Waals surface area contributed by atoms with E-state index in [2.05, 4.69) is 69.8 Å². The highest BCUT2D eigenvalue weighted by Gasteiger charge is 2.35. The second-order valence-corrected chi connectivity index (χ2v) is 12.6. The van der Waals surface area contributed by atoms with E-state index in [9.17, 15) is 17.6 Å². The van der Waals surface area contributed by atoms with Crippen molar-refractivity contribution in [1.29, 1.82) is 0 Å². The molecule has 0 saturated heterocycles. The summed E-state index contributed by atoms with van der Waals surface area (Å²) in [4.78, 5) is 0. The highest BCUT2D eigenvalue weighted by Crippen LogP contribution is 2.42. The van der Waals surface area contributed by atoms with Crippen LogP contribution in [0.15, 0.2) is 152 Å². The minimum absolute atomic E-state index is 0.131. The van der Waals surface area contributed by atoms with E-state index in [-0.39, 0.29) is 5.69 Å². The first-order valence-electron chi connectivity index (χ1n) is 16.3. The summed E-state index contributed by atoms with van der Waals surface area (Å²) in [6.07, 6.45) is -4.77. The van der Waals surface area contributed by atoms with Crippen LogP contribution >= 0.6 is 0 Å². The lowest BCUT2D eigenvalue weighted by Crippen LogP contribution is -2.11. The van der Waals surface area contributed by atoms with E-state index < -0.39 is 17.6 Å². The lowest BCUT2D eigenvalue weighted by Gasteiger charge is -2.16. The molecule has 0 N–H and O–H groups in total. The Balaban J connectivity index is 1.32. The number of fused-ring (bicyclic) bond motifs is 9. The molecule has 10 rings (SSSR count). The van der Waals surface area contributed by atoms with Gasteiger partial charge in [-0.1, -0.05) is 72.8 Å². The Morgan fingerprint density at radius 1 is 0.360 bits per heavy atom. The molecule has 0 aliphatic rings. The fraction of sp³-hybridized carbons (Fsp3) is 0.0233. The normalized spacial score (nSPS) is 12.4. The summed E-state index contributed by atoms with van der Waals surface area (Å²) in [5, 5.41) is 6.00. The van der Waals surface area contributed by atoms with Crippen LogP contribution in [0, 0.1) is 5.82 Å². The Morgan fingerprint density at radius 2 is 0.740 bits per heavy atom. The number of para-hydroxylation sites is 4. The first-order valence-corrected chi connectivity index (χ1v) is 16.3. The topological polar surface area (TPSA) is 14.8 Å². The summed E-state index contributed by atoms with van der Waals surface area (Å²) < 4.78 is 63.9. The molecule has 3 aromatic heterocycles. The molecular weight excluding hydrogens is 634 g/mol.